The maximum atomic E-state index is 4.88. The number of rotatable bonds is 8. The van der Waals surface area contributed by atoms with Crippen molar-refractivity contribution in [2.45, 2.75) is 0 Å². The molecular formula is C8H19N3O. The minimum absolute atomic E-state index is 0.761. The van der Waals surface area contributed by atoms with E-state index in [1.807, 2.05) is 12.1 Å². The van der Waals surface area contributed by atoms with Gasteiger partial charge in [0.05, 0.1) is 6.61 Å². The van der Waals surface area contributed by atoms with Gasteiger partial charge >= 0.3 is 0 Å². The van der Waals surface area contributed by atoms with E-state index in [2.05, 4.69) is 17.3 Å². The van der Waals surface area contributed by atoms with Crippen molar-refractivity contribution in [3.8, 4) is 0 Å². The third kappa shape index (κ3) is 7.53. The molecule has 0 spiro atoms. The van der Waals surface area contributed by atoms with Gasteiger partial charge in [-0.15, -0.1) is 0 Å². The highest BCUT2D eigenvalue weighted by Crippen LogP contribution is 1.71. The molecule has 0 radical (unpaired) electrons. The summed E-state index contributed by atoms with van der Waals surface area (Å²) in [5.41, 5.74) is 3.12. The SMILES string of the molecule is C=CN(C)NCCNCCOC. The number of ether oxygens (including phenoxy) is 1. The van der Waals surface area contributed by atoms with Crippen LogP contribution in [0.1, 0.15) is 0 Å². The summed E-state index contributed by atoms with van der Waals surface area (Å²) in [6, 6.07) is 0. The summed E-state index contributed by atoms with van der Waals surface area (Å²) in [5, 5.41) is 5.05. The lowest BCUT2D eigenvalue weighted by Gasteiger charge is -2.14. The highest BCUT2D eigenvalue weighted by atomic mass is 16.5. The van der Waals surface area contributed by atoms with Gasteiger partial charge in [0, 0.05) is 40.0 Å². The molecule has 0 aliphatic heterocycles. The van der Waals surface area contributed by atoms with Crippen LogP contribution in [0.3, 0.4) is 0 Å². The molecule has 0 aliphatic rings. The summed E-state index contributed by atoms with van der Waals surface area (Å²) in [6.07, 6.45) is 1.73. The van der Waals surface area contributed by atoms with E-state index in [1.54, 1.807) is 13.3 Å². The van der Waals surface area contributed by atoms with Gasteiger partial charge in [0.15, 0.2) is 0 Å². The van der Waals surface area contributed by atoms with E-state index in [4.69, 9.17) is 4.74 Å². The van der Waals surface area contributed by atoms with E-state index in [-0.39, 0.29) is 0 Å². The van der Waals surface area contributed by atoms with Crippen LogP contribution in [0.5, 0.6) is 0 Å². The van der Waals surface area contributed by atoms with Gasteiger partial charge in [0.1, 0.15) is 0 Å². The van der Waals surface area contributed by atoms with Gasteiger partial charge in [0.2, 0.25) is 0 Å². The van der Waals surface area contributed by atoms with Crippen molar-refractivity contribution >= 4 is 0 Å². The van der Waals surface area contributed by atoms with Crippen molar-refractivity contribution in [3.63, 3.8) is 0 Å². The average molecular weight is 173 g/mol. The van der Waals surface area contributed by atoms with Crippen LogP contribution >= 0.6 is 0 Å². The molecule has 0 aromatic heterocycles. The summed E-state index contributed by atoms with van der Waals surface area (Å²) in [7, 11) is 3.62. The average Bonchev–Trinajstić information content (AvgIpc) is 2.10. The molecule has 0 aromatic carbocycles. The van der Waals surface area contributed by atoms with E-state index in [0.717, 1.165) is 26.2 Å². The molecule has 0 unspecified atom stereocenters. The molecule has 0 bridgehead atoms. The van der Waals surface area contributed by atoms with Crippen LogP contribution in [0.15, 0.2) is 12.8 Å². The van der Waals surface area contributed by atoms with Gasteiger partial charge < -0.3 is 15.1 Å². The smallest absolute Gasteiger partial charge is 0.0587 e. The molecule has 12 heavy (non-hydrogen) atoms. The molecule has 0 heterocycles. The molecule has 72 valence electrons. The van der Waals surface area contributed by atoms with E-state index in [9.17, 15) is 0 Å². The Balaban J connectivity index is 2.95. The minimum Gasteiger partial charge on any atom is -0.383 e. The molecule has 2 N–H and O–H groups in total. The van der Waals surface area contributed by atoms with Crippen LogP contribution in [0.4, 0.5) is 0 Å². The number of nitrogens with one attached hydrogen (secondary N) is 2. The first-order chi connectivity index (χ1) is 5.81. The van der Waals surface area contributed by atoms with Crippen LogP contribution in [0, 0.1) is 0 Å². The summed E-state index contributed by atoms with van der Waals surface area (Å²) >= 11 is 0. The number of hydrogen-bond acceptors (Lipinski definition) is 4. The zero-order valence-corrected chi connectivity index (χ0v) is 7.97. The van der Waals surface area contributed by atoms with Crippen molar-refractivity contribution < 1.29 is 4.74 Å². The highest BCUT2D eigenvalue weighted by Gasteiger charge is 1.88. The molecule has 0 amide bonds. The van der Waals surface area contributed by atoms with Crippen LogP contribution in [-0.2, 0) is 4.74 Å². The van der Waals surface area contributed by atoms with E-state index in [0.29, 0.717) is 0 Å². The fourth-order valence-electron chi connectivity index (χ4n) is 0.684. The van der Waals surface area contributed by atoms with Crippen molar-refractivity contribution in [2.24, 2.45) is 0 Å². The first-order valence-corrected chi connectivity index (χ1v) is 4.09. The largest absolute Gasteiger partial charge is 0.383 e. The normalized spacial score (nSPS) is 9.83. The molecule has 4 nitrogen and oxygen atoms in total. The number of methoxy groups -OCH3 is 1. The number of nitrogens with zero attached hydrogens (tertiary/aromatic N) is 1. The fourth-order valence-corrected chi connectivity index (χ4v) is 0.684. The zero-order valence-electron chi connectivity index (χ0n) is 7.97. The minimum atomic E-state index is 0.761. The van der Waals surface area contributed by atoms with Gasteiger partial charge in [-0.1, -0.05) is 6.58 Å². The summed E-state index contributed by atoms with van der Waals surface area (Å²) in [5.74, 6) is 0. The molecule has 0 fully saturated rings. The van der Waals surface area contributed by atoms with Gasteiger partial charge in [-0.25, -0.2) is 5.43 Å². The van der Waals surface area contributed by atoms with Crippen molar-refractivity contribution in [1.29, 1.82) is 0 Å². The maximum absolute atomic E-state index is 4.88. The topological polar surface area (TPSA) is 36.5 Å². The van der Waals surface area contributed by atoms with Crippen LogP contribution < -0.4 is 10.7 Å². The van der Waals surface area contributed by atoms with Crippen molar-refractivity contribution in [2.75, 3.05) is 40.4 Å². The van der Waals surface area contributed by atoms with E-state index < -0.39 is 0 Å². The van der Waals surface area contributed by atoms with Gasteiger partial charge in [0.25, 0.3) is 0 Å². The van der Waals surface area contributed by atoms with Crippen molar-refractivity contribution in [3.05, 3.63) is 12.8 Å². The predicted molar refractivity (Wildman–Crippen MR) is 50.7 cm³/mol. The van der Waals surface area contributed by atoms with E-state index >= 15 is 0 Å². The van der Waals surface area contributed by atoms with Crippen LogP contribution in [0.2, 0.25) is 0 Å². The van der Waals surface area contributed by atoms with Gasteiger partial charge in [-0.05, 0) is 0 Å². The standard InChI is InChI=1S/C8H19N3O/c1-4-11(2)10-6-5-9-7-8-12-3/h4,9-10H,1,5-8H2,2-3H3. The monoisotopic (exact) mass is 173 g/mol. The lowest BCUT2D eigenvalue weighted by atomic mass is 10.6. The van der Waals surface area contributed by atoms with Gasteiger partial charge in [-0.2, -0.15) is 0 Å². The Morgan fingerprint density at radius 3 is 2.75 bits per heavy atom. The Kier molecular flexibility index (Phi) is 8.10. The molecule has 0 atom stereocenters. The molecule has 4 heteroatoms. The number of hydrogen-bond donors (Lipinski definition) is 2. The summed E-state index contributed by atoms with van der Waals surface area (Å²) in [4.78, 5) is 0. The third-order valence-electron chi connectivity index (χ3n) is 1.42. The Hall–Kier alpha value is -0.580. The fraction of sp³-hybridized carbons (Fsp3) is 0.750. The van der Waals surface area contributed by atoms with Crippen LogP contribution in [0.25, 0.3) is 0 Å². The van der Waals surface area contributed by atoms with Crippen LogP contribution in [-0.4, -0.2) is 45.4 Å². The summed E-state index contributed by atoms with van der Waals surface area (Å²) < 4.78 is 4.88. The number of hydrazine groups is 1. The summed E-state index contributed by atoms with van der Waals surface area (Å²) in [6.45, 7) is 7.10. The second kappa shape index (κ2) is 8.52. The lowest BCUT2D eigenvalue weighted by Crippen LogP contribution is -2.36. The quantitative estimate of drug-likeness (QED) is 0.394. The molecule has 0 saturated carbocycles. The Morgan fingerprint density at radius 1 is 1.42 bits per heavy atom. The second-order valence-electron chi connectivity index (χ2n) is 2.44. The van der Waals surface area contributed by atoms with E-state index in [1.165, 1.54) is 0 Å². The molecular weight excluding hydrogens is 154 g/mol. The zero-order chi connectivity index (χ0) is 9.23. The molecule has 0 rings (SSSR count). The first-order valence-electron chi connectivity index (χ1n) is 4.09. The lowest BCUT2D eigenvalue weighted by molar-refractivity contribution is 0.198. The molecule has 0 aliphatic carbocycles. The predicted octanol–water partition coefficient (Wildman–Crippen LogP) is -0.198. The van der Waals surface area contributed by atoms with Gasteiger partial charge in [-0.3, -0.25) is 0 Å². The third-order valence-corrected chi connectivity index (χ3v) is 1.42. The molecule has 0 saturated heterocycles. The highest BCUT2D eigenvalue weighted by molar-refractivity contribution is 4.62. The maximum Gasteiger partial charge on any atom is 0.0587 e. The van der Waals surface area contributed by atoms with Crippen molar-refractivity contribution in [1.82, 2.24) is 15.8 Å². The Bertz CT molecular complexity index is 108. The first kappa shape index (κ1) is 11.4. The molecule has 0 aromatic rings. The Labute approximate surface area is 74.5 Å². The second-order valence-corrected chi connectivity index (χ2v) is 2.44. The Morgan fingerprint density at radius 2 is 2.17 bits per heavy atom.